The number of methoxy groups -OCH3 is 2. The molecular formula is C19H18N2O7. The van der Waals surface area contributed by atoms with Gasteiger partial charge in [0.1, 0.15) is 17.2 Å². The number of anilines is 1. The number of carbonyl (C=O) groups excluding carboxylic acids is 2. The number of ether oxygens (including phenoxy) is 3. The van der Waals surface area contributed by atoms with Gasteiger partial charge in [-0.25, -0.2) is 0 Å². The van der Waals surface area contributed by atoms with E-state index in [0.29, 0.717) is 17.2 Å². The highest BCUT2D eigenvalue weighted by Crippen LogP contribution is 2.36. The lowest BCUT2D eigenvalue weighted by Crippen LogP contribution is -2.27. The van der Waals surface area contributed by atoms with Crippen LogP contribution in [0.4, 0.5) is 11.4 Å². The number of amides is 1. The number of carbonyl (C=O) groups is 2. The third-order valence-corrected chi connectivity index (χ3v) is 4.40. The molecule has 3 rings (SSSR count). The Morgan fingerprint density at radius 1 is 1.11 bits per heavy atom. The van der Waals surface area contributed by atoms with Gasteiger partial charge in [-0.3, -0.25) is 19.7 Å². The van der Waals surface area contributed by atoms with Crippen molar-refractivity contribution in [3.63, 3.8) is 0 Å². The SMILES string of the molecule is COc1ccc(OC(=O)[C@@H]2CC(=O)N(c3ccc([N+](=O)[O-])cc3OC)C2)cc1. The predicted octanol–water partition coefficient (Wildman–Crippen LogP) is 2.57. The van der Waals surface area contributed by atoms with E-state index in [-0.39, 0.29) is 30.3 Å². The Morgan fingerprint density at radius 2 is 1.79 bits per heavy atom. The molecule has 9 heteroatoms. The summed E-state index contributed by atoms with van der Waals surface area (Å²) in [5.41, 5.74) is 0.223. The van der Waals surface area contributed by atoms with Crippen LogP contribution in [0.25, 0.3) is 0 Å². The van der Waals surface area contributed by atoms with Crippen LogP contribution in [0.3, 0.4) is 0 Å². The van der Waals surface area contributed by atoms with Crippen LogP contribution in [0, 0.1) is 16.0 Å². The maximum absolute atomic E-state index is 12.4. The normalized spacial score (nSPS) is 16.0. The minimum Gasteiger partial charge on any atom is -0.497 e. The van der Waals surface area contributed by atoms with Gasteiger partial charge < -0.3 is 19.1 Å². The lowest BCUT2D eigenvalue weighted by molar-refractivity contribution is -0.384. The van der Waals surface area contributed by atoms with Gasteiger partial charge in [-0.2, -0.15) is 0 Å². The van der Waals surface area contributed by atoms with Crippen LogP contribution in [0.15, 0.2) is 42.5 Å². The van der Waals surface area contributed by atoms with E-state index in [4.69, 9.17) is 14.2 Å². The number of nitro benzene ring substituents is 1. The van der Waals surface area contributed by atoms with Gasteiger partial charge in [0, 0.05) is 19.0 Å². The quantitative estimate of drug-likeness (QED) is 0.325. The van der Waals surface area contributed by atoms with Gasteiger partial charge in [0.05, 0.1) is 36.8 Å². The van der Waals surface area contributed by atoms with Crippen molar-refractivity contribution < 1.29 is 28.7 Å². The molecule has 2 aromatic rings. The predicted molar refractivity (Wildman–Crippen MR) is 98.7 cm³/mol. The Kier molecular flexibility index (Phi) is 5.44. The fourth-order valence-electron chi connectivity index (χ4n) is 2.94. The fourth-order valence-corrected chi connectivity index (χ4v) is 2.94. The summed E-state index contributed by atoms with van der Waals surface area (Å²) >= 11 is 0. The van der Waals surface area contributed by atoms with Crippen molar-refractivity contribution in [3.05, 3.63) is 52.6 Å². The molecule has 0 bridgehead atoms. The first-order chi connectivity index (χ1) is 13.4. The second-order valence-corrected chi connectivity index (χ2v) is 6.12. The molecule has 9 nitrogen and oxygen atoms in total. The molecule has 1 fully saturated rings. The Bertz CT molecular complexity index is 911. The van der Waals surface area contributed by atoms with Crippen molar-refractivity contribution in [3.8, 4) is 17.2 Å². The first kappa shape index (κ1) is 19.2. The molecule has 146 valence electrons. The van der Waals surface area contributed by atoms with Crippen molar-refractivity contribution in [1.29, 1.82) is 0 Å². The van der Waals surface area contributed by atoms with E-state index in [2.05, 4.69) is 0 Å². The molecule has 2 aromatic carbocycles. The van der Waals surface area contributed by atoms with Gasteiger partial charge in [0.25, 0.3) is 5.69 Å². The van der Waals surface area contributed by atoms with Crippen LogP contribution < -0.4 is 19.1 Å². The minimum absolute atomic E-state index is 0.0187. The second-order valence-electron chi connectivity index (χ2n) is 6.12. The summed E-state index contributed by atoms with van der Waals surface area (Å²) in [7, 11) is 2.89. The monoisotopic (exact) mass is 386 g/mol. The first-order valence-corrected chi connectivity index (χ1v) is 8.41. The van der Waals surface area contributed by atoms with Crippen LogP contribution in [0.1, 0.15) is 6.42 Å². The molecule has 1 heterocycles. The average Bonchev–Trinajstić information content (AvgIpc) is 3.09. The van der Waals surface area contributed by atoms with Gasteiger partial charge in [0.2, 0.25) is 5.91 Å². The number of rotatable bonds is 6. The number of esters is 1. The topological polar surface area (TPSA) is 108 Å². The fraction of sp³-hybridized carbons (Fsp3) is 0.263. The van der Waals surface area contributed by atoms with Crippen molar-refractivity contribution >= 4 is 23.3 Å². The zero-order chi connectivity index (χ0) is 20.3. The van der Waals surface area contributed by atoms with E-state index >= 15 is 0 Å². The molecule has 1 atom stereocenters. The summed E-state index contributed by atoms with van der Waals surface area (Å²) in [4.78, 5) is 36.6. The average molecular weight is 386 g/mol. The zero-order valence-electron chi connectivity index (χ0n) is 15.3. The largest absolute Gasteiger partial charge is 0.497 e. The zero-order valence-corrected chi connectivity index (χ0v) is 15.3. The van der Waals surface area contributed by atoms with E-state index in [1.54, 1.807) is 24.3 Å². The van der Waals surface area contributed by atoms with Gasteiger partial charge in [-0.15, -0.1) is 0 Å². The molecule has 0 N–H and O–H groups in total. The summed E-state index contributed by atoms with van der Waals surface area (Å²) in [6, 6.07) is 10.5. The Morgan fingerprint density at radius 3 is 2.39 bits per heavy atom. The molecule has 0 aromatic heterocycles. The number of hydrogen-bond donors (Lipinski definition) is 0. The van der Waals surface area contributed by atoms with Crippen molar-refractivity contribution in [1.82, 2.24) is 0 Å². The Labute approximate surface area is 160 Å². The second kappa shape index (κ2) is 7.95. The van der Waals surface area contributed by atoms with E-state index in [1.807, 2.05) is 0 Å². The molecule has 0 aliphatic carbocycles. The highest BCUT2D eigenvalue weighted by Gasteiger charge is 2.37. The summed E-state index contributed by atoms with van der Waals surface area (Å²) in [5.74, 6) is -0.302. The van der Waals surface area contributed by atoms with E-state index < -0.39 is 16.8 Å². The third-order valence-electron chi connectivity index (χ3n) is 4.40. The lowest BCUT2D eigenvalue weighted by atomic mass is 10.1. The lowest BCUT2D eigenvalue weighted by Gasteiger charge is -2.19. The van der Waals surface area contributed by atoms with Gasteiger partial charge in [-0.05, 0) is 30.3 Å². The number of hydrogen-bond acceptors (Lipinski definition) is 7. The molecule has 1 aliphatic rings. The van der Waals surface area contributed by atoms with E-state index in [9.17, 15) is 19.7 Å². The van der Waals surface area contributed by atoms with Crippen LogP contribution in [-0.4, -0.2) is 37.6 Å². The molecule has 1 amide bonds. The van der Waals surface area contributed by atoms with Gasteiger partial charge in [-0.1, -0.05) is 0 Å². The van der Waals surface area contributed by atoms with E-state index in [1.165, 1.54) is 37.3 Å². The van der Waals surface area contributed by atoms with Crippen molar-refractivity contribution in [2.75, 3.05) is 25.7 Å². The third kappa shape index (κ3) is 3.88. The van der Waals surface area contributed by atoms with E-state index in [0.717, 1.165) is 0 Å². The number of non-ortho nitro benzene ring substituents is 1. The molecule has 0 radical (unpaired) electrons. The van der Waals surface area contributed by atoms with Crippen LogP contribution in [0.5, 0.6) is 17.2 Å². The van der Waals surface area contributed by atoms with Crippen LogP contribution >= 0.6 is 0 Å². The molecule has 0 spiro atoms. The maximum atomic E-state index is 12.4. The number of benzene rings is 2. The summed E-state index contributed by atoms with van der Waals surface area (Å²) in [5, 5.41) is 10.9. The van der Waals surface area contributed by atoms with Crippen LogP contribution in [-0.2, 0) is 9.59 Å². The number of nitro groups is 1. The molecule has 0 saturated carbocycles. The molecule has 1 saturated heterocycles. The molecule has 28 heavy (non-hydrogen) atoms. The van der Waals surface area contributed by atoms with Crippen molar-refractivity contribution in [2.24, 2.45) is 5.92 Å². The molecular weight excluding hydrogens is 368 g/mol. The van der Waals surface area contributed by atoms with Crippen LogP contribution in [0.2, 0.25) is 0 Å². The number of nitrogens with zero attached hydrogens (tertiary/aromatic N) is 2. The molecule has 0 unspecified atom stereocenters. The molecule has 1 aliphatic heterocycles. The van der Waals surface area contributed by atoms with Gasteiger partial charge in [0.15, 0.2) is 0 Å². The Balaban J connectivity index is 1.74. The Hall–Kier alpha value is -3.62. The highest BCUT2D eigenvalue weighted by atomic mass is 16.6. The smallest absolute Gasteiger partial charge is 0.316 e. The standard InChI is InChI=1S/C19H18N2O7/c1-26-14-4-6-15(7-5-14)28-19(23)12-9-18(22)20(11-12)16-8-3-13(21(24)25)10-17(16)27-2/h3-8,10,12H,9,11H2,1-2H3/t12-/m1/s1. The summed E-state index contributed by atoms with van der Waals surface area (Å²) < 4.78 is 15.6. The minimum atomic E-state index is -0.658. The summed E-state index contributed by atoms with van der Waals surface area (Å²) in [6.07, 6.45) is -0.0187. The highest BCUT2D eigenvalue weighted by molar-refractivity contribution is 6.00. The maximum Gasteiger partial charge on any atom is 0.316 e. The van der Waals surface area contributed by atoms with Gasteiger partial charge >= 0.3 is 5.97 Å². The summed E-state index contributed by atoms with van der Waals surface area (Å²) in [6.45, 7) is 0.0992. The first-order valence-electron chi connectivity index (χ1n) is 8.41. The van der Waals surface area contributed by atoms with Crippen molar-refractivity contribution in [2.45, 2.75) is 6.42 Å².